The van der Waals surface area contributed by atoms with Gasteiger partial charge in [0, 0.05) is 23.0 Å². The fourth-order valence-electron chi connectivity index (χ4n) is 4.36. The molecule has 1 atom stereocenters. The van der Waals surface area contributed by atoms with Crippen molar-refractivity contribution in [2.45, 2.75) is 49.2 Å². The van der Waals surface area contributed by atoms with E-state index < -0.39 is 0 Å². The van der Waals surface area contributed by atoms with Gasteiger partial charge in [-0.05, 0) is 73.2 Å². The van der Waals surface area contributed by atoms with Crippen LogP contribution < -0.4 is 0 Å². The fourth-order valence-corrected chi connectivity index (χ4v) is 5.94. The Kier molecular flexibility index (Phi) is 5.18. The minimum atomic E-state index is -0.0478. The maximum absolute atomic E-state index is 6.19. The molecule has 0 spiro atoms. The number of thioether (sulfide) groups is 1. The number of nitrogens with zero attached hydrogens (tertiary/aromatic N) is 1. The summed E-state index contributed by atoms with van der Waals surface area (Å²) in [4.78, 5) is 3.86. The second kappa shape index (κ2) is 7.31. The van der Waals surface area contributed by atoms with Gasteiger partial charge in [-0.15, -0.1) is 11.8 Å². The lowest BCUT2D eigenvalue weighted by Crippen LogP contribution is -2.28. The highest BCUT2D eigenvalue weighted by Gasteiger charge is 2.42. The van der Waals surface area contributed by atoms with Gasteiger partial charge in [-0.25, -0.2) is 0 Å². The van der Waals surface area contributed by atoms with Crippen LogP contribution in [0.2, 0.25) is 5.02 Å². The molecule has 3 heteroatoms. The van der Waals surface area contributed by atoms with Gasteiger partial charge in [0.25, 0.3) is 0 Å². The topological polar surface area (TPSA) is 3.24 Å². The lowest BCUT2D eigenvalue weighted by Gasteiger charge is -2.32. The highest BCUT2D eigenvalue weighted by atomic mass is 35.5. The van der Waals surface area contributed by atoms with Crippen molar-refractivity contribution < 1.29 is 0 Å². The molecule has 0 bridgehead atoms. The number of likely N-dealkylation sites (tertiary alicyclic amines) is 1. The Balaban J connectivity index is 1.89. The molecule has 1 unspecified atom stereocenters. The number of hydrogen-bond donors (Lipinski definition) is 0. The Morgan fingerprint density at radius 1 is 1.04 bits per heavy atom. The number of rotatable bonds is 2. The van der Waals surface area contributed by atoms with E-state index in [2.05, 4.69) is 63.1 Å². The minimum absolute atomic E-state index is 0.0478. The molecule has 0 N–H and O–H groups in total. The molecule has 1 saturated heterocycles. The zero-order chi connectivity index (χ0) is 19.2. The third-order valence-corrected chi connectivity index (χ3v) is 7.75. The van der Waals surface area contributed by atoms with Crippen LogP contribution in [-0.2, 0) is 4.75 Å². The molecular weight excluding hydrogens is 370 g/mol. The highest BCUT2D eigenvalue weighted by molar-refractivity contribution is 8.01. The molecule has 2 aliphatic heterocycles. The monoisotopic (exact) mass is 397 g/mol. The summed E-state index contributed by atoms with van der Waals surface area (Å²) in [5, 5.41) is 0.804. The molecule has 0 radical (unpaired) electrons. The summed E-state index contributed by atoms with van der Waals surface area (Å²) in [5.41, 5.74) is 7.43. The van der Waals surface area contributed by atoms with E-state index in [0.717, 1.165) is 18.1 Å². The Labute approximate surface area is 172 Å². The first-order valence-corrected chi connectivity index (χ1v) is 11.1. The Bertz CT molecular complexity index is 874. The summed E-state index contributed by atoms with van der Waals surface area (Å²) in [5.74, 6) is 0.548. The number of benzene rings is 2. The van der Waals surface area contributed by atoms with E-state index in [1.54, 1.807) is 11.1 Å². The Morgan fingerprint density at radius 2 is 1.70 bits per heavy atom. The highest BCUT2D eigenvalue weighted by Crippen LogP contribution is 2.60. The van der Waals surface area contributed by atoms with Crippen molar-refractivity contribution in [1.82, 2.24) is 4.90 Å². The second-order valence-electron chi connectivity index (χ2n) is 8.33. The van der Waals surface area contributed by atoms with Crippen LogP contribution in [0.5, 0.6) is 0 Å². The molecule has 0 aromatic heterocycles. The predicted octanol–water partition coefficient (Wildman–Crippen LogP) is 6.96. The first-order chi connectivity index (χ1) is 12.9. The van der Waals surface area contributed by atoms with E-state index in [1.165, 1.54) is 34.4 Å². The van der Waals surface area contributed by atoms with Crippen molar-refractivity contribution >= 4 is 28.9 Å². The lowest BCUT2D eigenvalue weighted by atomic mass is 9.81. The molecule has 1 nitrogen and oxygen atoms in total. The molecule has 142 valence electrons. The number of piperidine rings is 1. The standard InChI is InChI=1S/C24H28ClNS/c1-16(2)18-5-10-22-21(15-18)23(17-11-13-26(4)14-12-17)24(3,27-22)19-6-8-20(25)9-7-19/h5-10,15-16H,11-14H2,1-4H3. The maximum Gasteiger partial charge on any atom is 0.0681 e. The predicted molar refractivity (Wildman–Crippen MR) is 119 cm³/mol. The smallest absolute Gasteiger partial charge is 0.0681 e. The summed E-state index contributed by atoms with van der Waals surface area (Å²) >= 11 is 8.19. The van der Waals surface area contributed by atoms with Crippen LogP contribution in [0.3, 0.4) is 0 Å². The first kappa shape index (κ1) is 19.1. The van der Waals surface area contributed by atoms with Gasteiger partial charge in [0.05, 0.1) is 4.75 Å². The minimum Gasteiger partial charge on any atom is -0.306 e. The average molecular weight is 398 g/mol. The zero-order valence-corrected chi connectivity index (χ0v) is 18.3. The van der Waals surface area contributed by atoms with Gasteiger partial charge < -0.3 is 4.90 Å². The van der Waals surface area contributed by atoms with Gasteiger partial charge in [-0.1, -0.05) is 55.3 Å². The lowest BCUT2D eigenvalue weighted by molar-refractivity contribution is 0.312. The third-order valence-electron chi connectivity index (χ3n) is 6.07. The molecule has 2 aliphatic rings. The van der Waals surface area contributed by atoms with Crippen LogP contribution in [0, 0.1) is 0 Å². The van der Waals surface area contributed by atoms with Crippen molar-refractivity contribution in [3.63, 3.8) is 0 Å². The third kappa shape index (κ3) is 3.48. The van der Waals surface area contributed by atoms with Crippen LogP contribution in [0.4, 0.5) is 0 Å². The van der Waals surface area contributed by atoms with Gasteiger partial charge in [0.1, 0.15) is 0 Å². The van der Waals surface area contributed by atoms with E-state index >= 15 is 0 Å². The molecule has 0 amide bonds. The molecule has 27 heavy (non-hydrogen) atoms. The summed E-state index contributed by atoms with van der Waals surface area (Å²) in [6.45, 7) is 9.27. The van der Waals surface area contributed by atoms with Crippen molar-refractivity contribution in [1.29, 1.82) is 0 Å². The Morgan fingerprint density at radius 3 is 2.33 bits per heavy atom. The van der Waals surface area contributed by atoms with Crippen LogP contribution in [0.15, 0.2) is 52.9 Å². The fraction of sp³-hybridized carbons (Fsp3) is 0.417. The number of halogens is 1. The summed E-state index contributed by atoms with van der Waals surface area (Å²) < 4.78 is -0.0478. The first-order valence-electron chi connectivity index (χ1n) is 9.89. The number of hydrogen-bond acceptors (Lipinski definition) is 2. The van der Waals surface area contributed by atoms with Crippen LogP contribution in [0.25, 0.3) is 5.57 Å². The molecule has 1 fully saturated rings. The van der Waals surface area contributed by atoms with Gasteiger partial charge in [-0.3, -0.25) is 0 Å². The maximum atomic E-state index is 6.19. The second-order valence-corrected chi connectivity index (χ2v) is 10.2. The van der Waals surface area contributed by atoms with Crippen molar-refractivity contribution in [2.24, 2.45) is 0 Å². The number of fused-ring (bicyclic) bond motifs is 1. The van der Waals surface area contributed by atoms with Gasteiger partial charge >= 0.3 is 0 Å². The largest absolute Gasteiger partial charge is 0.306 e. The summed E-state index contributed by atoms with van der Waals surface area (Å²) in [7, 11) is 2.23. The summed E-state index contributed by atoms with van der Waals surface area (Å²) in [6, 6.07) is 15.6. The van der Waals surface area contributed by atoms with E-state index in [4.69, 9.17) is 11.6 Å². The van der Waals surface area contributed by atoms with Crippen molar-refractivity contribution in [2.75, 3.05) is 20.1 Å². The molecule has 2 aromatic carbocycles. The molecule has 0 saturated carbocycles. The van der Waals surface area contributed by atoms with Gasteiger partial charge in [-0.2, -0.15) is 0 Å². The van der Waals surface area contributed by atoms with Crippen LogP contribution in [-0.4, -0.2) is 25.0 Å². The van der Waals surface area contributed by atoms with E-state index in [1.807, 2.05) is 23.9 Å². The SMILES string of the molecule is CC(C)c1ccc2c(c1)C(=C1CCN(C)CC1)C(C)(c1ccc(Cl)cc1)S2. The van der Waals surface area contributed by atoms with E-state index in [-0.39, 0.29) is 4.75 Å². The van der Waals surface area contributed by atoms with Crippen LogP contribution >= 0.6 is 23.4 Å². The van der Waals surface area contributed by atoms with Crippen molar-refractivity contribution in [3.8, 4) is 0 Å². The summed E-state index contributed by atoms with van der Waals surface area (Å²) in [6.07, 6.45) is 2.34. The zero-order valence-electron chi connectivity index (χ0n) is 16.7. The van der Waals surface area contributed by atoms with Crippen LogP contribution in [0.1, 0.15) is 56.2 Å². The quantitative estimate of drug-likeness (QED) is 0.538. The van der Waals surface area contributed by atoms with E-state index in [0.29, 0.717) is 5.92 Å². The molecule has 2 aromatic rings. The van der Waals surface area contributed by atoms with Crippen molar-refractivity contribution in [3.05, 3.63) is 69.8 Å². The molecular formula is C24H28ClNS. The average Bonchev–Trinajstić information content (AvgIpc) is 2.95. The molecule has 0 aliphatic carbocycles. The Hall–Kier alpha value is -1.22. The normalized spacial score (nSPS) is 23.2. The molecule has 4 rings (SSSR count). The van der Waals surface area contributed by atoms with E-state index in [9.17, 15) is 0 Å². The molecule has 2 heterocycles. The van der Waals surface area contributed by atoms with Gasteiger partial charge in [0.2, 0.25) is 0 Å². The van der Waals surface area contributed by atoms with Gasteiger partial charge in [0.15, 0.2) is 0 Å².